The summed E-state index contributed by atoms with van der Waals surface area (Å²) in [5.41, 5.74) is 4.11. The van der Waals surface area contributed by atoms with Gasteiger partial charge in [0, 0.05) is 5.39 Å². The number of aromatic nitrogens is 1. The van der Waals surface area contributed by atoms with Gasteiger partial charge in [-0.2, -0.15) is 0 Å². The van der Waals surface area contributed by atoms with E-state index in [1.807, 2.05) is 0 Å². The monoisotopic (exact) mass is 275 g/mol. The van der Waals surface area contributed by atoms with Crippen LogP contribution in [0.25, 0.3) is 10.9 Å². The molecule has 0 bridgehead atoms. The molecule has 0 fully saturated rings. The van der Waals surface area contributed by atoms with Gasteiger partial charge in [-0.3, -0.25) is 9.59 Å². The van der Waals surface area contributed by atoms with E-state index in [-0.39, 0.29) is 11.2 Å². The fourth-order valence-electron chi connectivity index (χ4n) is 1.65. The van der Waals surface area contributed by atoms with Crippen molar-refractivity contribution in [3.63, 3.8) is 0 Å². The Balaban J connectivity index is 2.36. The molecule has 0 atom stereocenters. The van der Waals surface area contributed by atoms with Gasteiger partial charge in [0.05, 0.1) is 0 Å². The molecule has 104 valence electrons. The number of pyridine rings is 1. The highest BCUT2D eigenvalue weighted by molar-refractivity contribution is 5.98. The van der Waals surface area contributed by atoms with Crippen molar-refractivity contribution in [2.75, 3.05) is 0 Å². The van der Waals surface area contributed by atoms with Gasteiger partial charge in [0.15, 0.2) is 0 Å². The molecule has 0 aliphatic rings. The lowest BCUT2D eigenvalue weighted by molar-refractivity contribution is -0.122. The molecule has 2 aromatic rings. The summed E-state index contributed by atoms with van der Waals surface area (Å²) in [6.07, 6.45) is 0. The van der Waals surface area contributed by atoms with Gasteiger partial charge in [-0.15, -0.1) is 0 Å². The van der Waals surface area contributed by atoms with Crippen LogP contribution >= 0.6 is 0 Å². The summed E-state index contributed by atoms with van der Waals surface area (Å²) >= 11 is 0. The van der Waals surface area contributed by atoms with Gasteiger partial charge < -0.3 is 11.1 Å². The average Bonchev–Trinajstić information content (AvgIpc) is 2.38. The van der Waals surface area contributed by atoms with E-state index in [2.05, 4.69) is 10.3 Å². The van der Waals surface area contributed by atoms with E-state index in [0.717, 1.165) is 0 Å². The van der Waals surface area contributed by atoms with Crippen molar-refractivity contribution in [3.05, 3.63) is 41.8 Å². The number of hydrogen-bond acceptors (Lipinski definition) is 3. The topological polar surface area (TPSA) is 85.1 Å². The fraction of sp³-hybridized carbons (Fsp3) is 0.214. The normalized spacial score (nSPS) is 11.3. The molecule has 0 saturated carbocycles. The molecule has 1 aromatic heterocycles. The lowest BCUT2D eigenvalue weighted by Gasteiger charge is -2.21. The number of benzene rings is 1. The first-order chi connectivity index (χ1) is 9.31. The summed E-state index contributed by atoms with van der Waals surface area (Å²) in [6.45, 7) is 2.96. The molecular formula is C14H14FN3O2. The minimum absolute atomic E-state index is 0.0249. The van der Waals surface area contributed by atoms with E-state index in [9.17, 15) is 14.0 Å². The summed E-state index contributed by atoms with van der Waals surface area (Å²) in [7, 11) is 0. The Morgan fingerprint density at radius 3 is 2.60 bits per heavy atom. The molecule has 0 spiro atoms. The molecule has 1 aromatic carbocycles. The van der Waals surface area contributed by atoms with Crippen LogP contribution < -0.4 is 11.1 Å². The van der Waals surface area contributed by atoms with Crippen molar-refractivity contribution in [2.24, 2.45) is 5.73 Å². The highest BCUT2D eigenvalue weighted by Crippen LogP contribution is 2.16. The van der Waals surface area contributed by atoms with Crippen LogP contribution in [0.1, 0.15) is 24.3 Å². The number of rotatable bonds is 3. The van der Waals surface area contributed by atoms with Crippen molar-refractivity contribution < 1.29 is 14.0 Å². The molecule has 2 amide bonds. The molecule has 0 unspecified atom stereocenters. The maximum absolute atomic E-state index is 13.6. The summed E-state index contributed by atoms with van der Waals surface area (Å²) in [5.74, 6) is -1.76. The number of fused-ring (bicyclic) bond motifs is 1. The van der Waals surface area contributed by atoms with Crippen LogP contribution in [-0.2, 0) is 4.79 Å². The Bertz CT molecular complexity index is 698. The molecule has 1 heterocycles. The first-order valence-corrected chi connectivity index (χ1v) is 5.99. The van der Waals surface area contributed by atoms with Gasteiger partial charge in [0.1, 0.15) is 22.6 Å². The molecule has 0 aliphatic heterocycles. The van der Waals surface area contributed by atoms with E-state index in [1.165, 1.54) is 26.0 Å². The summed E-state index contributed by atoms with van der Waals surface area (Å²) in [4.78, 5) is 27.2. The van der Waals surface area contributed by atoms with E-state index in [1.54, 1.807) is 18.2 Å². The Labute approximate surface area is 115 Å². The largest absolute Gasteiger partial charge is 0.368 e. The lowest BCUT2D eigenvalue weighted by Crippen LogP contribution is -2.53. The van der Waals surface area contributed by atoms with Crippen LogP contribution in [0.2, 0.25) is 0 Å². The molecule has 2 rings (SSSR count). The third-order valence-corrected chi connectivity index (χ3v) is 2.95. The fourth-order valence-corrected chi connectivity index (χ4v) is 1.65. The Kier molecular flexibility index (Phi) is 3.40. The highest BCUT2D eigenvalue weighted by atomic mass is 19.1. The second-order valence-corrected chi connectivity index (χ2v) is 4.95. The predicted molar refractivity (Wildman–Crippen MR) is 72.4 cm³/mol. The zero-order chi connectivity index (χ0) is 14.9. The summed E-state index contributed by atoms with van der Waals surface area (Å²) in [5, 5.41) is 3.05. The highest BCUT2D eigenvalue weighted by Gasteiger charge is 2.27. The van der Waals surface area contributed by atoms with Gasteiger partial charge in [-0.1, -0.05) is 18.2 Å². The molecule has 6 heteroatoms. The van der Waals surface area contributed by atoms with Crippen LogP contribution in [-0.4, -0.2) is 22.3 Å². The SMILES string of the molecule is CC(C)(NC(=O)c1ccc2cccc(F)c2n1)C(N)=O. The Morgan fingerprint density at radius 2 is 1.95 bits per heavy atom. The quantitative estimate of drug-likeness (QED) is 0.887. The number of primary amides is 1. The van der Waals surface area contributed by atoms with E-state index in [4.69, 9.17) is 5.73 Å². The molecule has 0 saturated heterocycles. The number of nitrogens with one attached hydrogen (secondary N) is 1. The van der Waals surface area contributed by atoms with Gasteiger partial charge in [-0.05, 0) is 26.0 Å². The smallest absolute Gasteiger partial charge is 0.270 e. The number of carbonyl (C=O) groups excluding carboxylic acids is 2. The Hall–Kier alpha value is -2.50. The molecule has 0 radical (unpaired) electrons. The van der Waals surface area contributed by atoms with Gasteiger partial charge in [-0.25, -0.2) is 9.37 Å². The summed E-state index contributed by atoms with van der Waals surface area (Å²) < 4.78 is 13.6. The number of halogens is 1. The van der Waals surface area contributed by atoms with Crippen molar-refractivity contribution in [1.82, 2.24) is 10.3 Å². The minimum atomic E-state index is -1.21. The van der Waals surface area contributed by atoms with Crippen LogP contribution in [0.15, 0.2) is 30.3 Å². The third-order valence-electron chi connectivity index (χ3n) is 2.95. The predicted octanol–water partition coefficient (Wildman–Crippen LogP) is 1.37. The minimum Gasteiger partial charge on any atom is -0.368 e. The lowest BCUT2D eigenvalue weighted by atomic mass is 10.0. The third kappa shape index (κ3) is 2.59. The number of hydrogen-bond donors (Lipinski definition) is 2. The van der Waals surface area contributed by atoms with Crippen LogP contribution in [0.5, 0.6) is 0 Å². The standard InChI is InChI=1S/C14H14FN3O2/c1-14(2,13(16)20)18-12(19)10-7-6-8-4-3-5-9(15)11(8)17-10/h3-7H,1-2H3,(H2,16,20)(H,18,19). The van der Waals surface area contributed by atoms with Gasteiger partial charge >= 0.3 is 0 Å². The zero-order valence-electron chi connectivity index (χ0n) is 11.1. The van der Waals surface area contributed by atoms with Crippen molar-refractivity contribution in [2.45, 2.75) is 19.4 Å². The van der Waals surface area contributed by atoms with Crippen LogP contribution in [0.4, 0.5) is 4.39 Å². The molecular weight excluding hydrogens is 261 g/mol. The number of nitrogens with two attached hydrogens (primary N) is 1. The van der Waals surface area contributed by atoms with E-state index < -0.39 is 23.2 Å². The molecule has 0 aliphatic carbocycles. The number of amides is 2. The van der Waals surface area contributed by atoms with E-state index in [0.29, 0.717) is 5.39 Å². The molecule has 5 nitrogen and oxygen atoms in total. The maximum Gasteiger partial charge on any atom is 0.270 e. The number of carbonyl (C=O) groups is 2. The van der Waals surface area contributed by atoms with Crippen LogP contribution in [0, 0.1) is 5.82 Å². The Morgan fingerprint density at radius 1 is 1.25 bits per heavy atom. The molecule has 20 heavy (non-hydrogen) atoms. The van der Waals surface area contributed by atoms with Crippen LogP contribution in [0.3, 0.4) is 0 Å². The molecule has 3 N–H and O–H groups in total. The number of nitrogens with zero attached hydrogens (tertiary/aromatic N) is 1. The zero-order valence-corrected chi connectivity index (χ0v) is 11.1. The van der Waals surface area contributed by atoms with Crippen molar-refractivity contribution in [1.29, 1.82) is 0 Å². The first kappa shape index (κ1) is 13.9. The van der Waals surface area contributed by atoms with Crippen molar-refractivity contribution in [3.8, 4) is 0 Å². The first-order valence-electron chi connectivity index (χ1n) is 5.99. The average molecular weight is 275 g/mol. The summed E-state index contributed by atoms with van der Waals surface area (Å²) in [6, 6.07) is 7.59. The number of para-hydroxylation sites is 1. The van der Waals surface area contributed by atoms with E-state index >= 15 is 0 Å². The van der Waals surface area contributed by atoms with Crippen molar-refractivity contribution >= 4 is 22.7 Å². The second kappa shape index (κ2) is 4.88. The second-order valence-electron chi connectivity index (χ2n) is 4.95. The van der Waals surface area contributed by atoms with Gasteiger partial charge in [0.25, 0.3) is 5.91 Å². The van der Waals surface area contributed by atoms with Gasteiger partial charge in [0.2, 0.25) is 5.91 Å². The maximum atomic E-state index is 13.6.